The minimum absolute atomic E-state index is 0.256. The first kappa shape index (κ1) is 21.7. The Morgan fingerprint density at radius 2 is 0.875 bits per heavy atom. The molecular weight excluding hydrogens is 392 g/mol. The van der Waals surface area contributed by atoms with Crippen molar-refractivity contribution >= 4 is 0 Å². The maximum absolute atomic E-state index is 11.4. The van der Waals surface area contributed by atoms with E-state index in [0.717, 1.165) is 55.6 Å². The van der Waals surface area contributed by atoms with Crippen molar-refractivity contribution in [1.29, 1.82) is 0 Å². The predicted molar refractivity (Wildman–Crippen MR) is 133 cm³/mol. The van der Waals surface area contributed by atoms with Crippen LogP contribution in [0.2, 0.25) is 0 Å². The molecule has 0 atom stereocenters. The number of rotatable bonds is 5. The maximum atomic E-state index is 11.4. The van der Waals surface area contributed by atoms with Gasteiger partial charge in [-0.25, -0.2) is 0 Å². The van der Waals surface area contributed by atoms with Gasteiger partial charge < -0.3 is 10.2 Å². The van der Waals surface area contributed by atoms with Crippen LogP contribution in [0.4, 0.5) is 0 Å². The highest BCUT2D eigenvalue weighted by Crippen LogP contribution is 2.46. The Kier molecular flexibility index (Phi) is 6.05. The summed E-state index contributed by atoms with van der Waals surface area (Å²) in [5.41, 5.74) is 9.72. The van der Waals surface area contributed by atoms with Crippen molar-refractivity contribution in [1.82, 2.24) is 0 Å². The Bertz CT molecular complexity index is 1150. The standard InChI is InChI=1S/C30H30O2/c1-19-15-25(17-23-11-7-5-8-12-23)29(31)27(21(19)3)28-22(4)20(2)16-26(30(28)32)18-24-13-9-6-10-14-24/h5-16,31-32H,17-18H2,1-4H3. The molecule has 0 saturated carbocycles. The van der Waals surface area contributed by atoms with Crippen LogP contribution in [0, 0.1) is 27.7 Å². The Labute approximate surface area is 190 Å². The van der Waals surface area contributed by atoms with E-state index < -0.39 is 0 Å². The zero-order valence-electron chi connectivity index (χ0n) is 19.2. The lowest BCUT2D eigenvalue weighted by molar-refractivity contribution is 0.462. The van der Waals surface area contributed by atoms with E-state index in [0.29, 0.717) is 12.8 Å². The fraction of sp³-hybridized carbons (Fsp3) is 0.200. The molecule has 4 rings (SSSR count). The fourth-order valence-electron chi connectivity index (χ4n) is 4.46. The van der Waals surface area contributed by atoms with Crippen molar-refractivity contribution < 1.29 is 10.2 Å². The zero-order chi connectivity index (χ0) is 22.8. The number of phenolic OH excluding ortho intramolecular Hbond substituents is 2. The Morgan fingerprint density at radius 3 is 1.22 bits per heavy atom. The molecule has 0 amide bonds. The highest BCUT2D eigenvalue weighted by molar-refractivity contribution is 5.84. The van der Waals surface area contributed by atoms with Gasteiger partial charge in [0, 0.05) is 24.0 Å². The second-order valence-corrected chi connectivity index (χ2v) is 8.73. The third kappa shape index (κ3) is 4.13. The van der Waals surface area contributed by atoms with Crippen LogP contribution in [0.1, 0.15) is 44.5 Å². The third-order valence-corrected chi connectivity index (χ3v) is 6.52. The molecule has 0 spiro atoms. The molecule has 2 nitrogen and oxygen atoms in total. The molecule has 2 N–H and O–H groups in total. The second-order valence-electron chi connectivity index (χ2n) is 8.73. The van der Waals surface area contributed by atoms with E-state index in [1.807, 2.05) is 50.2 Å². The molecule has 0 aliphatic rings. The van der Waals surface area contributed by atoms with Crippen LogP contribution < -0.4 is 0 Å². The smallest absolute Gasteiger partial charge is 0.127 e. The van der Waals surface area contributed by atoms with Gasteiger partial charge in [0.2, 0.25) is 0 Å². The number of hydrogen-bond donors (Lipinski definition) is 2. The number of aromatic hydroxyl groups is 2. The number of phenols is 2. The first-order valence-electron chi connectivity index (χ1n) is 11.1. The minimum atomic E-state index is 0.256. The van der Waals surface area contributed by atoms with Crippen LogP contribution in [-0.2, 0) is 12.8 Å². The van der Waals surface area contributed by atoms with E-state index in [-0.39, 0.29) is 11.5 Å². The summed E-state index contributed by atoms with van der Waals surface area (Å²) >= 11 is 0. The topological polar surface area (TPSA) is 40.5 Å². The van der Waals surface area contributed by atoms with Gasteiger partial charge in [-0.1, -0.05) is 72.8 Å². The van der Waals surface area contributed by atoms with Gasteiger partial charge in [0.05, 0.1) is 0 Å². The SMILES string of the molecule is Cc1cc(Cc2ccccc2)c(O)c(-c2c(C)c(C)cc(Cc3ccccc3)c2O)c1C. The molecule has 4 aromatic rings. The first-order valence-corrected chi connectivity index (χ1v) is 11.1. The summed E-state index contributed by atoms with van der Waals surface area (Å²) in [7, 11) is 0. The molecule has 2 heteroatoms. The summed E-state index contributed by atoms with van der Waals surface area (Å²) in [6, 6.07) is 24.5. The quantitative estimate of drug-likeness (QED) is 0.358. The Morgan fingerprint density at radius 1 is 0.531 bits per heavy atom. The van der Waals surface area contributed by atoms with Crippen molar-refractivity contribution in [3.05, 3.63) is 117 Å². The fourth-order valence-corrected chi connectivity index (χ4v) is 4.46. The lowest BCUT2D eigenvalue weighted by Crippen LogP contribution is -2.01. The zero-order valence-corrected chi connectivity index (χ0v) is 19.2. The summed E-state index contributed by atoms with van der Waals surface area (Å²) < 4.78 is 0. The van der Waals surface area contributed by atoms with E-state index in [4.69, 9.17) is 0 Å². The number of aryl methyl sites for hydroxylation is 2. The van der Waals surface area contributed by atoms with Crippen LogP contribution in [-0.4, -0.2) is 10.2 Å². The summed E-state index contributed by atoms with van der Waals surface area (Å²) in [4.78, 5) is 0. The van der Waals surface area contributed by atoms with Crippen LogP contribution in [0.25, 0.3) is 11.1 Å². The molecule has 0 radical (unpaired) electrons. The highest BCUT2D eigenvalue weighted by atomic mass is 16.3. The maximum Gasteiger partial charge on any atom is 0.127 e. The summed E-state index contributed by atoms with van der Waals surface area (Å²) in [5, 5.41) is 22.8. The van der Waals surface area contributed by atoms with Gasteiger partial charge in [-0.15, -0.1) is 0 Å². The molecule has 4 aromatic carbocycles. The second kappa shape index (κ2) is 8.92. The van der Waals surface area contributed by atoms with E-state index >= 15 is 0 Å². The van der Waals surface area contributed by atoms with Crippen LogP contribution in [0.3, 0.4) is 0 Å². The molecule has 0 heterocycles. The third-order valence-electron chi connectivity index (χ3n) is 6.52. The molecule has 0 aliphatic heterocycles. The molecule has 32 heavy (non-hydrogen) atoms. The van der Waals surface area contributed by atoms with Crippen molar-refractivity contribution in [2.45, 2.75) is 40.5 Å². The molecule has 0 aromatic heterocycles. The predicted octanol–water partition coefficient (Wildman–Crippen LogP) is 7.18. The van der Waals surface area contributed by atoms with E-state index in [2.05, 4.69) is 50.2 Å². The van der Waals surface area contributed by atoms with Crippen molar-refractivity contribution in [2.75, 3.05) is 0 Å². The average molecular weight is 423 g/mol. The van der Waals surface area contributed by atoms with Crippen molar-refractivity contribution in [2.24, 2.45) is 0 Å². The molecule has 0 saturated heterocycles. The van der Waals surface area contributed by atoms with Crippen LogP contribution >= 0.6 is 0 Å². The Balaban J connectivity index is 1.89. The molecule has 0 bridgehead atoms. The molecule has 0 fully saturated rings. The lowest BCUT2D eigenvalue weighted by Gasteiger charge is -2.21. The first-order chi connectivity index (χ1) is 15.4. The molecule has 162 valence electrons. The van der Waals surface area contributed by atoms with Crippen molar-refractivity contribution in [3.8, 4) is 22.6 Å². The van der Waals surface area contributed by atoms with Gasteiger partial charge in [0.1, 0.15) is 11.5 Å². The number of benzene rings is 4. The van der Waals surface area contributed by atoms with Gasteiger partial charge in [-0.3, -0.25) is 0 Å². The highest BCUT2D eigenvalue weighted by Gasteiger charge is 2.22. The molecule has 0 aliphatic carbocycles. The Hall–Kier alpha value is -3.52. The monoisotopic (exact) mass is 422 g/mol. The van der Waals surface area contributed by atoms with E-state index in [9.17, 15) is 10.2 Å². The normalized spacial score (nSPS) is 11.0. The molecule has 0 unspecified atom stereocenters. The van der Waals surface area contributed by atoms with Crippen molar-refractivity contribution in [3.63, 3.8) is 0 Å². The average Bonchev–Trinajstić information content (AvgIpc) is 2.79. The van der Waals surface area contributed by atoms with Crippen LogP contribution in [0.15, 0.2) is 72.8 Å². The van der Waals surface area contributed by atoms with Gasteiger partial charge in [0.15, 0.2) is 0 Å². The van der Waals surface area contributed by atoms with E-state index in [1.165, 1.54) is 0 Å². The largest absolute Gasteiger partial charge is 0.507 e. The van der Waals surface area contributed by atoms with Gasteiger partial charge in [-0.2, -0.15) is 0 Å². The van der Waals surface area contributed by atoms with Gasteiger partial charge in [-0.05, 0) is 72.2 Å². The number of hydrogen-bond acceptors (Lipinski definition) is 2. The lowest BCUT2D eigenvalue weighted by atomic mass is 9.85. The van der Waals surface area contributed by atoms with E-state index in [1.54, 1.807) is 0 Å². The molecular formula is C30H30O2. The summed E-state index contributed by atoms with van der Waals surface area (Å²) in [6.45, 7) is 8.18. The van der Waals surface area contributed by atoms with Gasteiger partial charge >= 0.3 is 0 Å². The summed E-state index contributed by atoms with van der Waals surface area (Å²) in [6.07, 6.45) is 1.28. The van der Waals surface area contributed by atoms with Gasteiger partial charge in [0.25, 0.3) is 0 Å². The minimum Gasteiger partial charge on any atom is -0.507 e. The summed E-state index contributed by atoms with van der Waals surface area (Å²) in [5.74, 6) is 0.512. The van der Waals surface area contributed by atoms with Crippen LogP contribution in [0.5, 0.6) is 11.5 Å².